The van der Waals surface area contributed by atoms with Crippen molar-refractivity contribution < 1.29 is 0 Å². The summed E-state index contributed by atoms with van der Waals surface area (Å²) >= 11 is 0. The Hall–Kier alpha value is -3.28. The molecule has 29 heavy (non-hydrogen) atoms. The van der Waals surface area contributed by atoms with Gasteiger partial charge in [0.25, 0.3) is 0 Å². The number of nitrogens with one attached hydrogen (secondary N) is 1. The summed E-state index contributed by atoms with van der Waals surface area (Å²) in [5, 5.41) is 3.49. The monoisotopic (exact) mass is 386 g/mol. The largest absolute Gasteiger partial charge is 0.368 e. The highest BCUT2D eigenvalue weighted by Gasteiger charge is 2.16. The molecule has 0 spiro atoms. The van der Waals surface area contributed by atoms with Gasteiger partial charge in [-0.15, -0.1) is 0 Å². The molecule has 1 N–H and O–H groups in total. The van der Waals surface area contributed by atoms with Crippen LogP contribution >= 0.6 is 0 Å². The molecule has 6 heteroatoms. The molecule has 0 saturated heterocycles. The topological polar surface area (TPSA) is 68.5 Å². The van der Waals surface area contributed by atoms with Gasteiger partial charge in [-0.25, -0.2) is 15.0 Å². The lowest BCUT2D eigenvalue weighted by Crippen LogP contribution is -2.09. The molecule has 0 aliphatic heterocycles. The van der Waals surface area contributed by atoms with Crippen molar-refractivity contribution in [1.82, 2.24) is 24.5 Å². The molecule has 0 aliphatic rings. The van der Waals surface area contributed by atoms with Crippen LogP contribution in [0.15, 0.2) is 49.1 Å². The molecule has 0 atom stereocenters. The van der Waals surface area contributed by atoms with Gasteiger partial charge in [-0.3, -0.25) is 4.98 Å². The molecular weight excluding hydrogens is 360 g/mol. The van der Waals surface area contributed by atoms with Crippen LogP contribution in [0.25, 0.3) is 22.6 Å². The standard InChI is InChI=1S/C23H26N6/c1-15(2)29-14-26-20-22(25-12-10-18-7-5-16(3)6-8-18)27-21(28-23(20)29)19-13-24-11-9-17(19)4/h5-9,11,13-15H,10,12H2,1-4H3,(H,25,27,28). The van der Waals surface area contributed by atoms with Crippen LogP contribution in [0.1, 0.15) is 36.6 Å². The van der Waals surface area contributed by atoms with E-state index >= 15 is 0 Å². The zero-order valence-corrected chi connectivity index (χ0v) is 17.3. The van der Waals surface area contributed by atoms with Crippen molar-refractivity contribution in [2.75, 3.05) is 11.9 Å². The maximum absolute atomic E-state index is 4.83. The van der Waals surface area contributed by atoms with Crippen LogP contribution < -0.4 is 5.32 Å². The molecule has 0 fully saturated rings. The van der Waals surface area contributed by atoms with E-state index in [1.165, 1.54) is 11.1 Å². The van der Waals surface area contributed by atoms with Crippen molar-refractivity contribution in [1.29, 1.82) is 0 Å². The van der Waals surface area contributed by atoms with E-state index < -0.39 is 0 Å². The van der Waals surface area contributed by atoms with Crippen LogP contribution in [0.3, 0.4) is 0 Å². The first-order valence-corrected chi connectivity index (χ1v) is 9.98. The smallest absolute Gasteiger partial charge is 0.166 e. The molecule has 0 unspecified atom stereocenters. The highest BCUT2D eigenvalue weighted by atomic mass is 15.2. The van der Waals surface area contributed by atoms with Gasteiger partial charge in [0.15, 0.2) is 17.3 Å². The molecule has 0 saturated carbocycles. The molecular formula is C23H26N6. The quantitative estimate of drug-likeness (QED) is 0.518. The first-order chi connectivity index (χ1) is 14.0. The molecule has 3 aromatic heterocycles. The van der Waals surface area contributed by atoms with Crippen molar-refractivity contribution >= 4 is 17.0 Å². The highest BCUT2D eigenvalue weighted by Crippen LogP contribution is 2.27. The summed E-state index contributed by atoms with van der Waals surface area (Å²) in [4.78, 5) is 18.5. The summed E-state index contributed by atoms with van der Waals surface area (Å²) in [6.07, 6.45) is 6.37. The minimum absolute atomic E-state index is 0.262. The Morgan fingerprint density at radius 2 is 1.83 bits per heavy atom. The van der Waals surface area contributed by atoms with E-state index in [2.05, 4.69) is 71.8 Å². The summed E-state index contributed by atoms with van der Waals surface area (Å²) in [6.45, 7) is 9.18. The number of aromatic nitrogens is 5. The van der Waals surface area contributed by atoms with Crippen molar-refractivity contribution in [3.05, 3.63) is 65.7 Å². The number of rotatable bonds is 6. The Balaban J connectivity index is 1.69. The van der Waals surface area contributed by atoms with E-state index in [0.29, 0.717) is 5.82 Å². The summed E-state index contributed by atoms with van der Waals surface area (Å²) in [6, 6.07) is 10.9. The second kappa shape index (κ2) is 7.99. The molecule has 0 bridgehead atoms. The summed E-state index contributed by atoms with van der Waals surface area (Å²) in [5.41, 5.74) is 6.24. The maximum atomic E-state index is 4.83. The third-order valence-corrected chi connectivity index (χ3v) is 5.08. The lowest BCUT2D eigenvalue weighted by Gasteiger charge is -2.12. The Morgan fingerprint density at radius 1 is 1.03 bits per heavy atom. The summed E-state index contributed by atoms with van der Waals surface area (Å²) < 4.78 is 2.08. The van der Waals surface area contributed by atoms with Gasteiger partial charge in [0, 0.05) is 30.5 Å². The minimum Gasteiger partial charge on any atom is -0.368 e. The van der Waals surface area contributed by atoms with Gasteiger partial charge in [-0.2, -0.15) is 0 Å². The predicted molar refractivity (Wildman–Crippen MR) is 117 cm³/mol. The average Bonchev–Trinajstić information content (AvgIpc) is 3.14. The lowest BCUT2D eigenvalue weighted by atomic mass is 10.1. The third kappa shape index (κ3) is 3.97. The van der Waals surface area contributed by atoms with Crippen LogP contribution in [-0.4, -0.2) is 31.0 Å². The maximum Gasteiger partial charge on any atom is 0.166 e. The number of anilines is 1. The van der Waals surface area contributed by atoms with E-state index in [1.54, 1.807) is 6.20 Å². The van der Waals surface area contributed by atoms with Gasteiger partial charge in [0.2, 0.25) is 0 Å². The molecule has 4 aromatic rings. The Bertz CT molecular complexity index is 1130. The number of pyridine rings is 1. The van der Waals surface area contributed by atoms with Crippen molar-refractivity contribution in [2.45, 2.75) is 40.2 Å². The van der Waals surface area contributed by atoms with Crippen molar-refractivity contribution in [2.24, 2.45) is 0 Å². The van der Waals surface area contributed by atoms with Gasteiger partial charge in [-0.1, -0.05) is 29.8 Å². The molecule has 3 heterocycles. The average molecular weight is 387 g/mol. The number of imidazole rings is 1. The fourth-order valence-corrected chi connectivity index (χ4v) is 3.32. The molecule has 148 valence electrons. The van der Waals surface area contributed by atoms with E-state index in [-0.39, 0.29) is 6.04 Å². The Kier molecular flexibility index (Phi) is 5.25. The second-order valence-electron chi connectivity index (χ2n) is 7.67. The van der Waals surface area contributed by atoms with Crippen LogP contribution in [0.5, 0.6) is 0 Å². The van der Waals surface area contributed by atoms with E-state index in [0.717, 1.165) is 41.1 Å². The van der Waals surface area contributed by atoms with Gasteiger partial charge in [0.1, 0.15) is 5.52 Å². The first-order valence-electron chi connectivity index (χ1n) is 9.98. The summed E-state index contributed by atoms with van der Waals surface area (Å²) in [5.74, 6) is 1.43. The zero-order chi connectivity index (χ0) is 20.4. The van der Waals surface area contributed by atoms with Gasteiger partial charge < -0.3 is 9.88 Å². The fourth-order valence-electron chi connectivity index (χ4n) is 3.32. The molecule has 4 rings (SSSR count). The van der Waals surface area contributed by atoms with Crippen LogP contribution in [0.4, 0.5) is 5.82 Å². The Morgan fingerprint density at radius 3 is 2.55 bits per heavy atom. The van der Waals surface area contributed by atoms with Crippen molar-refractivity contribution in [3.63, 3.8) is 0 Å². The molecule has 0 amide bonds. The Labute approximate surface area is 171 Å². The van der Waals surface area contributed by atoms with Gasteiger partial charge >= 0.3 is 0 Å². The van der Waals surface area contributed by atoms with Crippen LogP contribution in [-0.2, 0) is 6.42 Å². The second-order valence-corrected chi connectivity index (χ2v) is 7.67. The van der Waals surface area contributed by atoms with Gasteiger partial charge in [0.05, 0.1) is 6.33 Å². The number of aryl methyl sites for hydroxylation is 2. The molecule has 0 radical (unpaired) electrons. The highest BCUT2D eigenvalue weighted by molar-refractivity contribution is 5.85. The molecule has 0 aliphatic carbocycles. The minimum atomic E-state index is 0.262. The molecule has 6 nitrogen and oxygen atoms in total. The third-order valence-electron chi connectivity index (χ3n) is 5.08. The van der Waals surface area contributed by atoms with Crippen molar-refractivity contribution in [3.8, 4) is 11.4 Å². The SMILES string of the molecule is Cc1ccc(CCNc2nc(-c3cnccc3C)nc3c2ncn3C(C)C)cc1. The van der Waals surface area contributed by atoms with E-state index in [9.17, 15) is 0 Å². The number of hydrogen-bond acceptors (Lipinski definition) is 5. The van der Waals surface area contributed by atoms with Crippen LogP contribution in [0.2, 0.25) is 0 Å². The van der Waals surface area contributed by atoms with Crippen LogP contribution in [0, 0.1) is 13.8 Å². The van der Waals surface area contributed by atoms with E-state index in [4.69, 9.17) is 9.97 Å². The van der Waals surface area contributed by atoms with E-state index in [1.807, 2.05) is 18.6 Å². The predicted octanol–water partition coefficient (Wildman–Crippen LogP) is 4.74. The normalized spacial score (nSPS) is 11.3. The van der Waals surface area contributed by atoms with Gasteiger partial charge in [-0.05, 0) is 51.3 Å². The first kappa shape index (κ1) is 19.1. The fraction of sp³-hybridized carbons (Fsp3) is 0.304. The number of benzene rings is 1. The number of fused-ring (bicyclic) bond motifs is 1. The lowest BCUT2D eigenvalue weighted by molar-refractivity contribution is 0.613. The summed E-state index contributed by atoms with van der Waals surface area (Å²) in [7, 11) is 0. The zero-order valence-electron chi connectivity index (χ0n) is 17.3. The number of hydrogen-bond donors (Lipinski definition) is 1. The molecule has 1 aromatic carbocycles. The number of nitrogens with zero attached hydrogens (tertiary/aromatic N) is 5.